The summed E-state index contributed by atoms with van der Waals surface area (Å²) in [5.74, 6) is 0.0815. The highest BCUT2D eigenvalue weighted by Gasteiger charge is 2.19. The van der Waals surface area contributed by atoms with E-state index < -0.39 is 0 Å². The summed E-state index contributed by atoms with van der Waals surface area (Å²) in [6.07, 6.45) is 0. The maximum Gasteiger partial charge on any atom is 0.261 e. The van der Waals surface area contributed by atoms with E-state index in [0.717, 1.165) is 49.3 Å². The van der Waals surface area contributed by atoms with E-state index in [2.05, 4.69) is 35.3 Å². The first-order valence-corrected chi connectivity index (χ1v) is 10.5. The minimum atomic E-state index is -0.368. The van der Waals surface area contributed by atoms with Crippen molar-refractivity contribution in [3.8, 4) is 5.75 Å². The van der Waals surface area contributed by atoms with Gasteiger partial charge in [-0.1, -0.05) is 30.3 Å². The lowest BCUT2D eigenvalue weighted by Crippen LogP contribution is -2.34. The molecule has 0 aliphatic heterocycles. The Balaban J connectivity index is 1.63. The Morgan fingerprint density at radius 3 is 2.79 bits per heavy atom. The average Bonchev–Trinajstić information content (AvgIpc) is 3.19. The molecule has 0 radical (unpaired) electrons. The maximum atomic E-state index is 13.0. The van der Waals surface area contributed by atoms with Gasteiger partial charge < -0.3 is 10.1 Å². The molecule has 0 spiro atoms. The number of carbonyl (C=O) groups excluding carboxylic acids is 1. The van der Waals surface area contributed by atoms with Crippen LogP contribution in [0.15, 0.2) is 46.9 Å². The Morgan fingerprint density at radius 2 is 2.00 bits per heavy atom. The maximum absolute atomic E-state index is 13.0. The van der Waals surface area contributed by atoms with Crippen molar-refractivity contribution in [2.45, 2.75) is 6.92 Å². The number of rotatable bonds is 3. The highest BCUT2D eigenvalue weighted by Crippen LogP contribution is 2.36. The molecule has 0 saturated heterocycles. The van der Waals surface area contributed by atoms with Gasteiger partial charge in [-0.3, -0.25) is 10.1 Å². The van der Waals surface area contributed by atoms with Gasteiger partial charge in [0.15, 0.2) is 5.11 Å². The third-order valence-electron chi connectivity index (χ3n) is 4.49. The molecule has 29 heavy (non-hydrogen) atoms. The van der Waals surface area contributed by atoms with E-state index in [1.54, 1.807) is 6.07 Å². The molecule has 1 amide bonds. The van der Waals surface area contributed by atoms with Crippen LogP contribution in [-0.2, 0) is 0 Å². The number of benzene rings is 3. The van der Waals surface area contributed by atoms with Gasteiger partial charge in [-0.2, -0.15) is 8.75 Å². The third kappa shape index (κ3) is 3.68. The second kappa shape index (κ2) is 8.02. The SMILES string of the molecule is COc1c(C(=O)NC(=S)Nc2c(C)ccc3nsnc23)cc2ccccc2c1Br. The number of aryl methyl sites for hydroxylation is 1. The van der Waals surface area contributed by atoms with E-state index in [1.807, 2.05) is 43.3 Å². The van der Waals surface area contributed by atoms with Gasteiger partial charge in [-0.15, -0.1) is 0 Å². The molecule has 1 aromatic heterocycles. The smallest absolute Gasteiger partial charge is 0.261 e. The molecule has 4 aromatic rings. The van der Waals surface area contributed by atoms with Crippen LogP contribution in [0.3, 0.4) is 0 Å². The van der Waals surface area contributed by atoms with Crippen molar-refractivity contribution in [2.24, 2.45) is 0 Å². The molecule has 0 unspecified atom stereocenters. The van der Waals surface area contributed by atoms with Gasteiger partial charge in [-0.05, 0) is 63.5 Å². The molecule has 3 aromatic carbocycles. The van der Waals surface area contributed by atoms with Gasteiger partial charge in [0.2, 0.25) is 0 Å². The first kappa shape index (κ1) is 19.7. The predicted molar refractivity (Wildman–Crippen MR) is 124 cm³/mol. The predicted octanol–water partition coefficient (Wildman–Crippen LogP) is 5.05. The Bertz CT molecular complexity index is 1270. The number of ether oxygens (including phenoxy) is 1. The van der Waals surface area contributed by atoms with Gasteiger partial charge in [-0.25, -0.2) is 0 Å². The molecule has 6 nitrogen and oxygen atoms in total. The number of anilines is 1. The topological polar surface area (TPSA) is 76.1 Å². The Kier molecular flexibility index (Phi) is 5.44. The van der Waals surface area contributed by atoms with Crippen molar-refractivity contribution in [1.29, 1.82) is 0 Å². The molecule has 0 atom stereocenters. The van der Waals surface area contributed by atoms with Gasteiger partial charge >= 0.3 is 0 Å². The number of methoxy groups -OCH3 is 1. The summed E-state index contributed by atoms with van der Waals surface area (Å²) in [6.45, 7) is 1.94. The molecular weight excluding hydrogens is 472 g/mol. The van der Waals surface area contributed by atoms with Crippen molar-refractivity contribution >= 4 is 78.4 Å². The molecule has 146 valence electrons. The fraction of sp³-hybridized carbons (Fsp3) is 0.100. The second-order valence-electron chi connectivity index (χ2n) is 6.29. The van der Waals surface area contributed by atoms with Crippen LogP contribution < -0.4 is 15.4 Å². The Labute approximate surface area is 184 Å². The van der Waals surface area contributed by atoms with Crippen molar-refractivity contribution in [1.82, 2.24) is 14.1 Å². The van der Waals surface area contributed by atoms with E-state index in [9.17, 15) is 4.79 Å². The Hall–Kier alpha value is -2.62. The molecule has 2 N–H and O–H groups in total. The molecular formula is C20H15BrN4O2S2. The monoisotopic (exact) mass is 486 g/mol. The summed E-state index contributed by atoms with van der Waals surface area (Å²) >= 11 is 10.1. The van der Waals surface area contributed by atoms with Crippen molar-refractivity contribution in [2.75, 3.05) is 12.4 Å². The van der Waals surface area contributed by atoms with E-state index in [-0.39, 0.29) is 11.0 Å². The first-order valence-electron chi connectivity index (χ1n) is 8.59. The highest BCUT2D eigenvalue weighted by molar-refractivity contribution is 9.10. The summed E-state index contributed by atoms with van der Waals surface area (Å²) < 4.78 is 14.8. The lowest BCUT2D eigenvalue weighted by atomic mass is 10.1. The standard InChI is InChI=1S/C20H15BrN4O2S2/c1-10-7-8-14-17(25-29-24-14)16(10)22-20(28)23-19(26)13-9-11-5-3-4-6-12(11)15(21)18(13)27-2/h3-9H,1-2H3,(H2,22,23,26,28). The van der Waals surface area contributed by atoms with Crippen LogP contribution in [0.5, 0.6) is 5.75 Å². The van der Waals surface area contributed by atoms with Crippen LogP contribution in [0.2, 0.25) is 0 Å². The molecule has 0 aliphatic carbocycles. The van der Waals surface area contributed by atoms with Crippen LogP contribution in [0.1, 0.15) is 15.9 Å². The lowest BCUT2D eigenvalue weighted by Gasteiger charge is -2.15. The molecule has 0 aliphatic rings. The summed E-state index contributed by atoms with van der Waals surface area (Å²) in [4.78, 5) is 13.0. The minimum absolute atomic E-state index is 0.171. The second-order valence-corrected chi connectivity index (χ2v) is 8.02. The molecule has 4 rings (SSSR count). The molecule has 0 fully saturated rings. The lowest BCUT2D eigenvalue weighted by molar-refractivity contribution is 0.0975. The summed E-state index contributed by atoms with van der Waals surface area (Å²) in [5.41, 5.74) is 3.56. The number of amides is 1. The van der Waals surface area contributed by atoms with Crippen LogP contribution in [-0.4, -0.2) is 26.9 Å². The molecule has 0 bridgehead atoms. The minimum Gasteiger partial charge on any atom is -0.495 e. The van der Waals surface area contributed by atoms with Crippen LogP contribution in [0.4, 0.5) is 5.69 Å². The van der Waals surface area contributed by atoms with Gasteiger partial charge in [0.1, 0.15) is 16.8 Å². The number of nitrogens with one attached hydrogen (secondary N) is 2. The zero-order valence-corrected chi connectivity index (χ0v) is 18.7. The number of hydrogen-bond acceptors (Lipinski definition) is 6. The van der Waals surface area contributed by atoms with Gasteiger partial charge in [0.05, 0.1) is 34.6 Å². The van der Waals surface area contributed by atoms with Crippen molar-refractivity contribution in [3.05, 3.63) is 58.1 Å². The van der Waals surface area contributed by atoms with E-state index in [0.29, 0.717) is 11.3 Å². The average molecular weight is 487 g/mol. The first-order chi connectivity index (χ1) is 14.0. The number of halogens is 1. The van der Waals surface area contributed by atoms with Crippen LogP contribution in [0.25, 0.3) is 21.8 Å². The number of nitrogens with zero attached hydrogens (tertiary/aromatic N) is 2. The largest absolute Gasteiger partial charge is 0.495 e. The zero-order valence-electron chi connectivity index (χ0n) is 15.4. The number of thiocarbonyl (C=S) groups is 1. The van der Waals surface area contributed by atoms with Crippen LogP contribution >= 0.6 is 39.9 Å². The number of aromatic nitrogens is 2. The van der Waals surface area contributed by atoms with Crippen molar-refractivity contribution < 1.29 is 9.53 Å². The number of hydrogen-bond donors (Lipinski definition) is 2. The molecule has 9 heteroatoms. The summed E-state index contributed by atoms with van der Waals surface area (Å²) in [5, 5.41) is 7.86. The summed E-state index contributed by atoms with van der Waals surface area (Å²) in [6, 6.07) is 13.4. The fourth-order valence-corrected chi connectivity index (χ4v) is 4.55. The van der Waals surface area contributed by atoms with E-state index in [4.69, 9.17) is 17.0 Å². The third-order valence-corrected chi connectivity index (χ3v) is 6.03. The normalized spacial score (nSPS) is 10.9. The van der Waals surface area contributed by atoms with Gasteiger partial charge in [0.25, 0.3) is 5.91 Å². The highest BCUT2D eigenvalue weighted by atomic mass is 79.9. The number of carbonyl (C=O) groups is 1. The van der Waals surface area contributed by atoms with Crippen molar-refractivity contribution in [3.63, 3.8) is 0 Å². The Morgan fingerprint density at radius 1 is 1.21 bits per heavy atom. The fourth-order valence-electron chi connectivity index (χ4n) is 3.08. The molecule has 0 saturated carbocycles. The van der Waals surface area contributed by atoms with E-state index in [1.165, 1.54) is 7.11 Å². The van der Waals surface area contributed by atoms with Crippen LogP contribution in [0, 0.1) is 6.92 Å². The molecule has 1 heterocycles. The zero-order chi connectivity index (χ0) is 20.5. The quantitative estimate of drug-likeness (QED) is 0.394. The van der Waals surface area contributed by atoms with E-state index >= 15 is 0 Å². The number of fused-ring (bicyclic) bond motifs is 2. The van der Waals surface area contributed by atoms with Gasteiger partial charge in [0, 0.05) is 0 Å². The summed E-state index contributed by atoms with van der Waals surface area (Å²) in [7, 11) is 1.53.